The third-order valence-electron chi connectivity index (χ3n) is 5.23. The number of carbonyl (C=O) groups is 3. The minimum absolute atomic E-state index is 0.336. The molecule has 10 nitrogen and oxygen atoms in total. The molecule has 2 aliphatic rings. The molecule has 146 valence electrons. The maximum Gasteiger partial charge on any atom is 0.402 e. The molecule has 10 heteroatoms. The molecule has 1 unspecified atom stereocenters. The number of carbonyl (C=O) groups excluding carboxylic acids is 3. The standard InChI is InChI=1S/C18H20N5O5/c1-10-11(2)23-14-15(19-17(23)21(10)8-12-6-5-7-28-12)20(3)18(26)22(16(14)25)9-13(24)27-4/h5-7,14H,8-9H2,1-4H3/q+1. The van der Waals surface area contributed by atoms with E-state index in [1.54, 1.807) is 16.9 Å². The summed E-state index contributed by atoms with van der Waals surface area (Å²) in [4.78, 5) is 44.2. The molecule has 4 heterocycles. The first kappa shape index (κ1) is 18.0. The van der Waals surface area contributed by atoms with Gasteiger partial charge in [-0.2, -0.15) is 0 Å². The number of methoxy groups -OCH3 is 1. The summed E-state index contributed by atoms with van der Waals surface area (Å²) in [6.45, 7) is 3.84. The van der Waals surface area contributed by atoms with Crippen LogP contribution in [0.1, 0.15) is 23.2 Å². The normalized spacial score (nSPS) is 18.3. The van der Waals surface area contributed by atoms with Crippen LogP contribution in [0.15, 0.2) is 27.8 Å². The average Bonchev–Trinajstić information content (AvgIpc) is 3.38. The molecule has 1 fully saturated rings. The van der Waals surface area contributed by atoms with Gasteiger partial charge in [-0.1, -0.05) is 4.99 Å². The number of amidine groups is 1. The van der Waals surface area contributed by atoms with Crippen LogP contribution in [0.25, 0.3) is 0 Å². The molecule has 0 radical (unpaired) electrons. The number of urea groups is 1. The Balaban J connectivity index is 1.79. The van der Waals surface area contributed by atoms with Gasteiger partial charge in [0.1, 0.15) is 30.2 Å². The van der Waals surface area contributed by atoms with Gasteiger partial charge < -0.3 is 9.15 Å². The van der Waals surface area contributed by atoms with Crippen molar-refractivity contribution in [1.82, 2.24) is 14.4 Å². The smallest absolute Gasteiger partial charge is 0.402 e. The summed E-state index contributed by atoms with van der Waals surface area (Å²) in [5.41, 5.74) is 1.78. The lowest BCUT2D eigenvalue weighted by Gasteiger charge is -2.32. The van der Waals surface area contributed by atoms with Gasteiger partial charge in [-0.05, 0) is 26.0 Å². The summed E-state index contributed by atoms with van der Waals surface area (Å²) < 4.78 is 13.8. The maximum atomic E-state index is 13.1. The van der Waals surface area contributed by atoms with Crippen molar-refractivity contribution in [2.75, 3.05) is 20.7 Å². The minimum Gasteiger partial charge on any atom is -0.468 e. The minimum atomic E-state index is -0.807. The van der Waals surface area contributed by atoms with Gasteiger partial charge in [-0.15, -0.1) is 0 Å². The van der Waals surface area contributed by atoms with Gasteiger partial charge >= 0.3 is 17.9 Å². The van der Waals surface area contributed by atoms with Crippen LogP contribution >= 0.6 is 0 Å². The molecule has 0 spiro atoms. The van der Waals surface area contributed by atoms with E-state index >= 15 is 0 Å². The third kappa shape index (κ3) is 2.44. The molecular formula is C18H20N5O5+. The lowest BCUT2D eigenvalue weighted by molar-refractivity contribution is -0.682. The predicted molar refractivity (Wildman–Crippen MR) is 94.9 cm³/mol. The zero-order chi connectivity index (χ0) is 20.2. The molecule has 2 aliphatic heterocycles. The lowest BCUT2D eigenvalue weighted by atomic mass is 10.1. The molecule has 28 heavy (non-hydrogen) atoms. The van der Waals surface area contributed by atoms with E-state index in [4.69, 9.17) is 4.42 Å². The first-order chi connectivity index (χ1) is 13.3. The second-order valence-electron chi connectivity index (χ2n) is 6.72. The van der Waals surface area contributed by atoms with Crippen molar-refractivity contribution in [3.63, 3.8) is 0 Å². The molecule has 0 N–H and O–H groups in total. The number of imidazole rings is 1. The lowest BCUT2D eigenvalue weighted by Crippen LogP contribution is -2.58. The molecule has 3 amide bonds. The van der Waals surface area contributed by atoms with Gasteiger partial charge in [0.2, 0.25) is 11.9 Å². The van der Waals surface area contributed by atoms with Gasteiger partial charge in [0.05, 0.1) is 13.4 Å². The van der Waals surface area contributed by atoms with E-state index in [2.05, 4.69) is 9.73 Å². The Morgan fingerprint density at radius 1 is 1.36 bits per heavy atom. The molecule has 1 atom stereocenters. The topological polar surface area (TPSA) is 101 Å². The number of aromatic nitrogens is 2. The maximum absolute atomic E-state index is 13.1. The van der Waals surface area contributed by atoms with Crippen molar-refractivity contribution in [3.05, 3.63) is 35.5 Å². The molecule has 0 aliphatic carbocycles. The quantitative estimate of drug-likeness (QED) is 0.568. The van der Waals surface area contributed by atoms with E-state index < -0.39 is 30.5 Å². The average molecular weight is 386 g/mol. The second-order valence-corrected chi connectivity index (χ2v) is 6.72. The Morgan fingerprint density at radius 2 is 2.11 bits per heavy atom. The fraction of sp³-hybridized carbons (Fsp3) is 0.389. The second kappa shape index (κ2) is 6.32. The van der Waals surface area contributed by atoms with E-state index in [-0.39, 0.29) is 0 Å². The molecular weight excluding hydrogens is 366 g/mol. The van der Waals surface area contributed by atoms with Crippen LogP contribution in [0.3, 0.4) is 0 Å². The van der Waals surface area contributed by atoms with Gasteiger partial charge in [0.25, 0.3) is 5.91 Å². The summed E-state index contributed by atoms with van der Waals surface area (Å²) in [6.07, 6.45) is 1.60. The summed E-state index contributed by atoms with van der Waals surface area (Å²) in [7, 11) is 2.75. The van der Waals surface area contributed by atoms with Crippen LogP contribution in [0.5, 0.6) is 0 Å². The number of nitrogens with zero attached hydrogens (tertiary/aromatic N) is 5. The Hall–Kier alpha value is -3.43. The van der Waals surface area contributed by atoms with E-state index in [1.807, 2.05) is 24.5 Å². The van der Waals surface area contributed by atoms with Crippen molar-refractivity contribution >= 4 is 29.7 Å². The van der Waals surface area contributed by atoms with E-state index in [0.717, 1.165) is 22.0 Å². The fourth-order valence-electron chi connectivity index (χ4n) is 3.59. The Labute approximate surface area is 160 Å². The summed E-state index contributed by atoms with van der Waals surface area (Å²) >= 11 is 0. The number of fused-ring (bicyclic) bond motifs is 3. The summed E-state index contributed by atoms with van der Waals surface area (Å²) in [5.74, 6) is 0.470. The highest BCUT2D eigenvalue weighted by atomic mass is 16.5. The molecule has 2 aromatic heterocycles. The highest BCUT2D eigenvalue weighted by Gasteiger charge is 2.54. The van der Waals surface area contributed by atoms with Crippen molar-refractivity contribution in [2.45, 2.75) is 26.4 Å². The van der Waals surface area contributed by atoms with Crippen molar-refractivity contribution in [2.24, 2.45) is 4.99 Å². The van der Waals surface area contributed by atoms with E-state index in [1.165, 1.54) is 19.1 Å². The number of imide groups is 1. The number of aliphatic imine (C=N–C) groups is 1. The van der Waals surface area contributed by atoms with Crippen LogP contribution < -0.4 is 4.57 Å². The van der Waals surface area contributed by atoms with Crippen molar-refractivity contribution < 1.29 is 28.1 Å². The van der Waals surface area contributed by atoms with Gasteiger partial charge in [0, 0.05) is 7.05 Å². The molecule has 2 aromatic rings. The Kier molecular flexibility index (Phi) is 4.06. The summed E-state index contributed by atoms with van der Waals surface area (Å²) in [5, 5.41) is 0. The molecule has 0 aromatic carbocycles. The largest absolute Gasteiger partial charge is 0.468 e. The third-order valence-corrected chi connectivity index (χ3v) is 5.23. The first-order valence-electron chi connectivity index (χ1n) is 8.73. The monoisotopic (exact) mass is 386 g/mol. The number of ether oxygens (including phenoxy) is 1. The van der Waals surface area contributed by atoms with Gasteiger partial charge in [0.15, 0.2) is 0 Å². The number of rotatable bonds is 4. The first-order valence-corrected chi connectivity index (χ1v) is 8.73. The predicted octanol–water partition coefficient (Wildman–Crippen LogP) is 0.685. The number of likely N-dealkylation sites (N-methyl/N-ethyl adjacent to an activating group) is 1. The van der Waals surface area contributed by atoms with Crippen molar-refractivity contribution in [3.8, 4) is 0 Å². The Morgan fingerprint density at radius 3 is 2.75 bits per heavy atom. The van der Waals surface area contributed by atoms with Gasteiger partial charge in [-0.3, -0.25) is 14.5 Å². The fourth-order valence-corrected chi connectivity index (χ4v) is 3.59. The molecule has 0 saturated carbocycles. The van der Waals surface area contributed by atoms with E-state index in [0.29, 0.717) is 18.3 Å². The SMILES string of the molecule is COC(=O)CN1C(=O)C2C(=Nc3n2c(C)c(C)[n+]3Cc2ccco2)N(C)C1=O. The van der Waals surface area contributed by atoms with Crippen LogP contribution in [0, 0.1) is 13.8 Å². The summed E-state index contributed by atoms with van der Waals surface area (Å²) in [6, 6.07) is 2.25. The molecule has 1 saturated heterocycles. The number of furan rings is 1. The number of hydrogen-bond donors (Lipinski definition) is 0. The highest BCUT2D eigenvalue weighted by Crippen LogP contribution is 2.35. The Bertz CT molecular complexity index is 1020. The van der Waals surface area contributed by atoms with Gasteiger partial charge in [-0.25, -0.2) is 18.8 Å². The van der Waals surface area contributed by atoms with Crippen LogP contribution in [0.2, 0.25) is 0 Å². The zero-order valence-corrected chi connectivity index (χ0v) is 16.0. The molecule has 4 rings (SSSR count). The van der Waals surface area contributed by atoms with E-state index in [9.17, 15) is 14.4 Å². The highest BCUT2D eigenvalue weighted by molar-refractivity contribution is 6.21. The van der Waals surface area contributed by atoms with Crippen molar-refractivity contribution in [1.29, 1.82) is 0 Å². The number of hydrogen-bond acceptors (Lipinski definition) is 6. The van der Waals surface area contributed by atoms with Crippen LogP contribution in [0.4, 0.5) is 10.7 Å². The zero-order valence-electron chi connectivity index (χ0n) is 16.0. The molecule has 0 bridgehead atoms. The number of esters is 1. The van der Waals surface area contributed by atoms with Crippen LogP contribution in [-0.2, 0) is 20.9 Å². The number of amides is 3. The van der Waals surface area contributed by atoms with Crippen LogP contribution in [-0.4, -0.2) is 58.8 Å².